The molecule has 0 spiro atoms. The molecule has 0 aliphatic heterocycles. The summed E-state index contributed by atoms with van der Waals surface area (Å²) in [6.07, 6.45) is -1.56. The minimum atomic E-state index is -0.788. The van der Waals surface area contributed by atoms with Crippen molar-refractivity contribution >= 4 is 22.6 Å². The molecule has 3 aromatic carbocycles. The molecule has 2 amide bonds. The second-order valence-corrected chi connectivity index (χ2v) is 6.82. The Labute approximate surface area is 169 Å². The van der Waals surface area contributed by atoms with Crippen LogP contribution in [0.5, 0.6) is 11.5 Å². The number of aryl methyl sites for hydroxylation is 1. The van der Waals surface area contributed by atoms with Gasteiger partial charge < -0.3 is 9.47 Å². The van der Waals surface area contributed by atoms with Crippen LogP contribution in [0.15, 0.2) is 66.7 Å². The average Bonchev–Trinajstić information content (AvgIpc) is 2.71. The molecule has 0 aliphatic carbocycles. The molecule has 0 radical (unpaired) electrons. The van der Waals surface area contributed by atoms with Crippen molar-refractivity contribution < 1.29 is 19.1 Å². The Kier molecular flexibility index (Phi) is 6.34. The van der Waals surface area contributed by atoms with E-state index < -0.39 is 24.0 Å². The quantitative estimate of drug-likeness (QED) is 0.629. The van der Waals surface area contributed by atoms with Crippen molar-refractivity contribution in [3.63, 3.8) is 0 Å². The molecule has 0 saturated carbocycles. The number of rotatable bonds is 6. The van der Waals surface area contributed by atoms with E-state index in [1.54, 1.807) is 19.9 Å². The zero-order chi connectivity index (χ0) is 20.8. The summed E-state index contributed by atoms with van der Waals surface area (Å²) in [7, 11) is 0. The minimum Gasteiger partial charge on any atom is -0.481 e. The monoisotopic (exact) mass is 392 g/mol. The van der Waals surface area contributed by atoms with E-state index in [0.29, 0.717) is 11.5 Å². The first-order chi connectivity index (χ1) is 13.9. The molecule has 2 N–H and O–H groups in total. The number of benzene rings is 3. The number of hydrazine groups is 1. The number of nitrogens with one attached hydrogen (secondary N) is 2. The van der Waals surface area contributed by atoms with Crippen molar-refractivity contribution in [2.24, 2.45) is 0 Å². The summed E-state index contributed by atoms with van der Waals surface area (Å²) in [6, 6.07) is 20.9. The lowest BCUT2D eigenvalue weighted by molar-refractivity contribution is -0.135. The highest BCUT2D eigenvalue weighted by Gasteiger charge is 2.19. The summed E-state index contributed by atoms with van der Waals surface area (Å²) >= 11 is 0. The van der Waals surface area contributed by atoms with Crippen LogP contribution in [0.2, 0.25) is 0 Å². The number of amides is 2. The molecule has 6 heteroatoms. The summed E-state index contributed by atoms with van der Waals surface area (Å²) in [5.41, 5.74) is 5.77. The van der Waals surface area contributed by atoms with Crippen LogP contribution in [-0.4, -0.2) is 24.0 Å². The van der Waals surface area contributed by atoms with E-state index >= 15 is 0 Å². The van der Waals surface area contributed by atoms with Gasteiger partial charge in [0.25, 0.3) is 11.8 Å². The highest BCUT2D eigenvalue weighted by molar-refractivity contribution is 5.87. The Morgan fingerprint density at radius 2 is 1.31 bits per heavy atom. The molecule has 0 aliphatic rings. The number of hydrogen-bond donors (Lipinski definition) is 2. The summed E-state index contributed by atoms with van der Waals surface area (Å²) in [4.78, 5) is 24.4. The zero-order valence-corrected chi connectivity index (χ0v) is 16.6. The fraction of sp³-hybridized carbons (Fsp3) is 0.217. The van der Waals surface area contributed by atoms with Gasteiger partial charge in [0.05, 0.1) is 0 Å². The van der Waals surface area contributed by atoms with Crippen molar-refractivity contribution in [2.45, 2.75) is 33.0 Å². The normalized spacial score (nSPS) is 12.7. The zero-order valence-electron chi connectivity index (χ0n) is 16.6. The van der Waals surface area contributed by atoms with Crippen molar-refractivity contribution in [2.75, 3.05) is 0 Å². The SMILES string of the molecule is Cc1cccc(O[C@H](C)C(=O)NNC(=O)[C@H](C)Oc2ccc3ccccc3c2)c1. The van der Waals surface area contributed by atoms with Gasteiger partial charge in [-0.2, -0.15) is 0 Å². The molecule has 150 valence electrons. The summed E-state index contributed by atoms with van der Waals surface area (Å²) in [6.45, 7) is 5.16. The summed E-state index contributed by atoms with van der Waals surface area (Å²) in [5.74, 6) is 0.243. The highest BCUT2D eigenvalue weighted by Crippen LogP contribution is 2.21. The number of hydrogen-bond acceptors (Lipinski definition) is 4. The molecule has 0 unspecified atom stereocenters. The van der Waals surface area contributed by atoms with E-state index in [1.807, 2.05) is 67.6 Å². The Bertz CT molecular complexity index is 1020. The van der Waals surface area contributed by atoms with E-state index in [1.165, 1.54) is 0 Å². The largest absolute Gasteiger partial charge is 0.481 e. The third-order valence-corrected chi connectivity index (χ3v) is 4.38. The topological polar surface area (TPSA) is 76.7 Å². The van der Waals surface area contributed by atoms with Crippen LogP contribution in [-0.2, 0) is 9.59 Å². The van der Waals surface area contributed by atoms with Crippen LogP contribution in [0.25, 0.3) is 10.8 Å². The Morgan fingerprint density at radius 1 is 0.724 bits per heavy atom. The lowest BCUT2D eigenvalue weighted by atomic mass is 10.1. The predicted octanol–water partition coefficient (Wildman–Crippen LogP) is 3.53. The Balaban J connectivity index is 1.50. The molecule has 0 aromatic heterocycles. The molecule has 0 bridgehead atoms. The van der Waals surface area contributed by atoms with Gasteiger partial charge >= 0.3 is 0 Å². The van der Waals surface area contributed by atoms with Gasteiger partial charge in [0, 0.05) is 0 Å². The van der Waals surface area contributed by atoms with Crippen LogP contribution in [0.1, 0.15) is 19.4 Å². The number of ether oxygens (including phenoxy) is 2. The smallest absolute Gasteiger partial charge is 0.279 e. The first kappa shape index (κ1) is 20.2. The lowest BCUT2D eigenvalue weighted by Crippen LogP contribution is -2.50. The first-order valence-corrected chi connectivity index (χ1v) is 9.41. The van der Waals surface area contributed by atoms with Crippen LogP contribution in [0.4, 0.5) is 0 Å². The molecule has 3 aromatic rings. The standard InChI is InChI=1S/C23H24N2O4/c1-15-7-6-10-20(13-15)28-16(2)22(26)24-25-23(27)17(3)29-21-12-11-18-8-4-5-9-19(18)14-21/h4-14,16-17H,1-3H3,(H,24,26)(H,25,27)/t16-,17+/m1/s1. The van der Waals surface area contributed by atoms with E-state index in [4.69, 9.17) is 9.47 Å². The van der Waals surface area contributed by atoms with Gasteiger partial charge in [0.2, 0.25) is 0 Å². The maximum Gasteiger partial charge on any atom is 0.279 e. The van der Waals surface area contributed by atoms with Gasteiger partial charge in [0.1, 0.15) is 11.5 Å². The second kappa shape index (κ2) is 9.10. The van der Waals surface area contributed by atoms with Crippen molar-refractivity contribution in [3.05, 3.63) is 72.3 Å². The molecule has 0 heterocycles. The second-order valence-electron chi connectivity index (χ2n) is 6.82. The van der Waals surface area contributed by atoms with Gasteiger partial charge in [-0.15, -0.1) is 0 Å². The molecule has 3 rings (SSSR count). The highest BCUT2D eigenvalue weighted by atomic mass is 16.5. The molecular formula is C23H24N2O4. The maximum atomic E-state index is 12.2. The first-order valence-electron chi connectivity index (χ1n) is 9.41. The number of carbonyl (C=O) groups excluding carboxylic acids is 2. The van der Waals surface area contributed by atoms with Gasteiger partial charge in [0.15, 0.2) is 12.2 Å². The molecule has 2 atom stereocenters. The van der Waals surface area contributed by atoms with Crippen LogP contribution in [0, 0.1) is 6.92 Å². The van der Waals surface area contributed by atoms with Gasteiger partial charge in [-0.3, -0.25) is 20.4 Å². The third-order valence-electron chi connectivity index (χ3n) is 4.38. The van der Waals surface area contributed by atoms with Crippen molar-refractivity contribution in [1.82, 2.24) is 10.9 Å². The van der Waals surface area contributed by atoms with E-state index in [0.717, 1.165) is 16.3 Å². The molecule has 6 nitrogen and oxygen atoms in total. The van der Waals surface area contributed by atoms with Crippen LogP contribution in [0.3, 0.4) is 0 Å². The number of fused-ring (bicyclic) bond motifs is 1. The fourth-order valence-electron chi connectivity index (χ4n) is 2.77. The lowest BCUT2D eigenvalue weighted by Gasteiger charge is -2.18. The minimum absolute atomic E-state index is 0.460. The summed E-state index contributed by atoms with van der Waals surface area (Å²) < 4.78 is 11.3. The van der Waals surface area contributed by atoms with Crippen LogP contribution < -0.4 is 20.3 Å². The molecule has 0 saturated heterocycles. The Hall–Kier alpha value is -3.54. The number of carbonyl (C=O) groups is 2. The molecule has 29 heavy (non-hydrogen) atoms. The van der Waals surface area contributed by atoms with E-state index in [2.05, 4.69) is 10.9 Å². The van der Waals surface area contributed by atoms with E-state index in [-0.39, 0.29) is 0 Å². The predicted molar refractivity (Wildman–Crippen MR) is 112 cm³/mol. The fourth-order valence-corrected chi connectivity index (χ4v) is 2.77. The van der Waals surface area contributed by atoms with E-state index in [9.17, 15) is 9.59 Å². The van der Waals surface area contributed by atoms with Crippen LogP contribution >= 0.6 is 0 Å². The van der Waals surface area contributed by atoms with Gasteiger partial charge in [-0.05, 0) is 61.4 Å². The van der Waals surface area contributed by atoms with Crippen molar-refractivity contribution in [3.8, 4) is 11.5 Å². The molecular weight excluding hydrogens is 368 g/mol. The summed E-state index contributed by atoms with van der Waals surface area (Å²) in [5, 5.41) is 2.11. The van der Waals surface area contributed by atoms with Gasteiger partial charge in [-0.25, -0.2) is 0 Å². The Morgan fingerprint density at radius 3 is 1.93 bits per heavy atom. The van der Waals surface area contributed by atoms with Gasteiger partial charge in [-0.1, -0.05) is 42.5 Å². The maximum absolute atomic E-state index is 12.2. The van der Waals surface area contributed by atoms with Crippen molar-refractivity contribution in [1.29, 1.82) is 0 Å². The third kappa shape index (κ3) is 5.48. The molecule has 0 fully saturated rings. The average molecular weight is 392 g/mol.